The number of hydrogen-bond donors (Lipinski definition) is 1. The van der Waals surface area contributed by atoms with E-state index in [0.29, 0.717) is 19.0 Å². The summed E-state index contributed by atoms with van der Waals surface area (Å²) in [5.41, 5.74) is 10.4. The van der Waals surface area contributed by atoms with Gasteiger partial charge in [0.15, 0.2) is 11.5 Å². The van der Waals surface area contributed by atoms with Gasteiger partial charge in [-0.15, -0.1) is 0 Å². The van der Waals surface area contributed by atoms with Crippen molar-refractivity contribution < 1.29 is 14.2 Å². The first kappa shape index (κ1) is 14.2. The second kappa shape index (κ2) is 5.37. The largest absolute Gasteiger partial charge is 0.492 e. The number of aryl methyl sites for hydroxylation is 1. The Balaban J connectivity index is 2.06. The third-order valence-corrected chi connectivity index (χ3v) is 4.65. The van der Waals surface area contributed by atoms with Gasteiger partial charge in [-0.05, 0) is 25.7 Å². The summed E-state index contributed by atoms with van der Waals surface area (Å²) in [4.78, 5) is 0. The van der Waals surface area contributed by atoms with Gasteiger partial charge in [0, 0.05) is 29.3 Å². The maximum absolute atomic E-state index is 6.24. The fraction of sp³-hybridized carbons (Fsp3) is 0.471. The maximum Gasteiger partial charge on any atom is 0.167 e. The lowest BCUT2D eigenvalue weighted by molar-refractivity contribution is 0.254. The zero-order chi connectivity index (χ0) is 16.0. The summed E-state index contributed by atoms with van der Waals surface area (Å²) in [6.45, 7) is 1.42. The molecule has 0 fully saturated rings. The molecular formula is C17H21N3O3. The molecule has 2 aliphatic rings. The lowest BCUT2D eigenvalue weighted by Gasteiger charge is -2.29. The molecule has 0 aliphatic carbocycles. The third-order valence-electron chi connectivity index (χ3n) is 4.65. The van der Waals surface area contributed by atoms with E-state index in [1.54, 1.807) is 11.8 Å². The minimum Gasteiger partial charge on any atom is -0.492 e. The van der Waals surface area contributed by atoms with Gasteiger partial charge in [0.1, 0.15) is 11.6 Å². The zero-order valence-corrected chi connectivity index (χ0v) is 13.5. The van der Waals surface area contributed by atoms with Gasteiger partial charge in [0.05, 0.1) is 26.5 Å². The van der Waals surface area contributed by atoms with Crippen LogP contribution in [0.15, 0.2) is 6.20 Å². The second-order valence-electron chi connectivity index (χ2n) is 5.99. The summed E-state index contributed by atoms with van der Waals surface area (Å²) in [6, 6.07) is 0. The average molecular weight is 315 g/mol. The molecule has 0 bridgehead atoms. The van der Waals surface area contributed by atoms with E-state index in [-0.39, 0.29) is 0 Å². The number of ether oxygens (including phenoxy) is 3. The molecule has 1 aromatic carbocycles. The number of nitrogens with zero attached hydrogens (tertiary/aromatic N) is 2. The van der Waals surface area contributed by atoms with Crippen LogP contribution >= 0.6 is 0 Å². The van der Waals surface area contributed by atoms with Gasteiger partial charge in [-0.3, -0.25) is 4.68 Å². The molecule has 122 valence electrons. The molecule has 1 aromatic heterocycles. The van der Waals surface area contributed by atoms with Crippen LogP contribution in [0.2, 0.25) is 0 Å². The van der Waals surface area contributed by atoms with E-state index in [1.165, 1.54) is 0 Å². The highest BCUT2D eigenvalue weighted by Gasteiger charge is 2.32. The van der Waals surface area contributed by atoms with Crippen LogP contribution in [0.1, 0.15) is 24.0 Å². The highest BCUT2D eigenvalue weighted by Crippen LogP contribution is 2.52. The van der Waals surface area contributed by atoms with Crippen molar-refractivity contribution in [2.75, 3.05) is 26.1 Å². The van der Waals surface area contributed by atoms with Gasteiger partial charge in [-0.1, -0.05) is 0 Å². The smallest absolute Gasteiger partial charge is 0.167 e. The van der Waals surface area contributed by atoms with Crippen molar-refractivity contribution in [1.29, 1.82) is 0 Å². The SMILES string of the molecule is COc1c2c(c(-c3cnn(C)c3N)c3c1OCCC3)OCCC2. The summed E-state index contributed by atoms with van der Waals surface area (Å²) < 4.78 is 19.4. The zero-order valence-electron chi connectivity index (χ0n) is 13.5. The van der Waals surface area contributed by atoms with E-state index in [2.05, 4.69) is 5.10 Å². The Labute approximate surface area is 135 Å². The number of nitrogens with two attached hydrogens (primary N) is 1. The van der Waals surface area contributed by atoms with E-state index in [9.17, 15) is 0 Å². The summed E-state index contributed by atoms with van der Waals surface area (Å²) >= 11 is 0. The fourth-order valence-corrected chi connectivity index (χ4v) is 3.54. The minimum atomic E-state index is 0.638. The molecule has 0 radical (unpaired) electrons. The molecule has 0 amide bonds. The van der Waals surface area contributed by atoms with Crippen molar-refractivity contribution in [2.45, 2.75) is 25.7 Å². The molecular weight excluding hydrogens is 294 g/mol. The molecule has 2 aliphatic heterocycles. The molecule has 0 saturated carbocycles. The van der Waals surface area contributed by atoms with Crippen molar-refractivity contribution in [3.8, 4) is 28.4 Å². The van der Waals surface area contributed by atoms with E-state index in [4.69, 9.17) is 19.9 Å². The third kappa shape index (κ3) is 2.04. The quantitative estimate of drug-likeness (QED) is 0.921. The van der Waals surface area contributed by atoms with Gasteiger partial charge in [0.2, 0.25) is 0 Å². The van der Waals surface area contributed by atoms with Gasteiger partial charge < -0.3 is 19.9 Å². The lowest BCUT2D eigenvalue weighted by Crippen LogP contribution is -2.17. The van der Waals surface area contributed by atoms with Crippen molar-refractivity contribution in [3.63, 3.8) is 0 Å². The predicted octanol–water partition coefficient (Wildman–Crippen LogP) is 2.33. The minimum absolute atomic E-state index is 0.638. The Kier molecular flexibility index (Phi) is 3.32. The van der Waals surface area contributed by atoms with Crippen molar-refractivity contribution in [1.82, 2.24) is 9.78 Å². The van der Waals surface area contributed by atoms with Crippen molar-refractivity contribution in [2.24, 2.45) is 7.05 Å². The number of hydrogen-bond acceptors (Lipinski definition) is 5. The van der Waals surface area contributed by atoms with E-state index in [1.807, 2.05) is 13.2 Å². The van der Waals surface area contributed by atoms with Crippen LogP contribution < -0.4 is 19.9 Å². The number of benzene rings is 1. The average Bonchev–Trinajstić information content (AvgIpc) is 2.92. The molecule has 2 aromatic rings. The molecule has 0 unspecified atom stereocenters. The van der Waals surface area contributed by atoms with Gasteiger partial charge in [0.25, 0.3) is 0 Å². The van der Waals surface area contributed by atoms with Crippen LogP contribution in [0.5, 0.6) is 17.2 Å². The van der Waals surface area contributed by atoms with Gasteiger partial charge >= 0.3 is 0 Å². The van der Waals surface area contributed by atoms with Crippen LogP contribution in [-0.4, -0.2) is 30.1 Å². The lowest BCUT2D eigenvalue weighted by atomic mass is 9.89. The molecule has 6 heteroatoms. The number of fused-ring (bicyclic) bond motifs is 2. The van der Waals surface area contributed by atoms with Crippen molar-refractivity contribution >= 4 is 5.82 Å². The molecule has 4 rings (SSSR count). The Morgan fingerprint density at radius 3 is 2.48 bits per heavy atom. The molecule has 6 nitrogen and oxygen atoms in total. The summed E-state index contributed by atoms with van der Waals surface area (Å²) in [7, 11) is 3.54. The van der Waals surface area contributed by atoms with Crippen molar-refractivity contribution in [3.05, 3.63) is 17.3 Å². The summed E-state index contributed by atoms with van der Waals surface area (Å²) in [5, 5.41) is 4.30. The van der Waals surface area contributed by atoms with Crippen LogP contribution in [0, 0.1) is 0 Å². The first-order valence-electron chi connectivity index (χ1n) is 8.01. The van der Waals surface area contributed by atoms with Crippen LogP contribution in [0.25, 0.3) is 11.1 Å². The number of nitrogen functional groups attached to an aromatic ring is 1. The Bertz CT molecular complexity index is 730. The molecule has 2 N–H and O–H groups in total. The molecule has 0 spiro atoms. The monoisotopic (exact) mass is 315 g/mol. The van der Waals surface area contributed by atoms with E-state index < -0.39 is 0 Å². The highest BCUT2D eigenvalue weighted by molar-refractivity contribution is 5.86. The molecule has 3 heterocycles. The predicted molar refractivity (Wildman–Crippen MR) is 87.2 cm³/mol. The molecule has 0 atom stereocenters. The van der Waals surface area contributed by atoms with Gasteiger partial charge in [-0.2, -0.15) is 5.10 Å². The standard InChI is InChI=1S/C17H21N3O3/c1-20-17(18)12(9-19-20)13-10-5-3-8-23-16(10)15(21-2)11-6-4-7-22-14(11)13/h9H,3-8,18H2,1-2H3. The topological polar surface area (TPSA) is 71.5 Å². The van der Waals surface area contributed by atoms with E-state index >= 15 is 0 Å². The second-order valence-corrected chi connectivity index (χ2v) is 5.99. The Morgan fingerprint density at radius 2 is 1.83 bits per heavy atom. The van der Waals surface area contributed by atoms with Crippen LogP contribution in [-0.2, 0) is 19.9 Å². The number of methoxy groups -OCH3 is 1. The summed E-state index contributed by atoms with van der Waals surface area (Å²) in [6.07, 6.45) is 5.60. The Morgan fingerprint density at radius 1 is 1.13 bits per heavy atom. The fourth-order valence-electron chi connectivity index (χ4n) is 3.54. The van der Waals surface area contributed by atoms with E-state index in [0.717, 1.165) is 65.2 Å². The highest BCUT2D eigenvalue weighted by atomic mass is 16.5. The number of rotatable bonds is 2. The molecule has 0 saturated heterocycles. The molecule has 23 heavy (non-hydrogen) atoms. The number of aromatic nitrogens is 2. The van der Waals surface area contributed by atoms with Crippen LogP contribution in [0.3, 0.4) is 0 Å². The van der Waals surface area contributed by atoms with Gasteiger partial charge in [-0.25, -0.2) is 0 Å². The van der Waals surface area contributed by atoms with Crippen LogP contribution in [0.4, 0.5) is 5.82 Å². The summed E-state index contributed by atoms with van der Waals surface area (Å²) in [5.74, 6) is 3.19. The first-order valence-corrected chi connectivity index (χ1v) is 8.01. The Hall–Kier alpha value is -2.37. The normalized spacial score (nSPS) is 16.1. The first-order chi connectivity index (χ1) is 11.2. The maximum atomic E-state index is 6.24. The number of anilines is 1.